The Hall–Kier alpha value is -1.94. The van der Waals surface area contributed by atoms with E-state index < -0.39 is 42.6 Å². The largest absolute Gasteiger partial charge is 0.346 e. The molecule has 0 bridgehead atoms. The quantitative estimate of drug-likeness (QED) is 0.710. The van der Waals surface area contributed by atoms with Crippen molar-refractivity contribution in [3.63, 3.8) is 0 Å². The fourth-order valence-electron chi connectivity index (χ4n) is 3.78. The fourth-order valence-corrected chi connectivity index (χ4v) is 7.97. The molecular weight excluding hydrogens is 404 g/mol. The predicted molar refractivity (Wildman–Crippen MR) is 105 cm³/mol. The van der Waals surface area contributed by atoms with Crippen LogP contribution in [0.25, 0.3) is 0 Å². The first kappa shape index (κ1) is 20.8. The number of hydrogen-bond acceptors (Lipinski definition) is 6. The monoisotopic (exact) mass is 428 g/mol. The molecule has 2 fully saturated rings. The molecule has 0 aromatic heterocycles. The normalized spacial score (nSPS) is 30.6. The van der Waals surface area contributed by atoms with E-state index in [4.69, 9.17) is 0 Å². The Morgan fingerprint density at radius 2 is 1.14 bits per heavy atom. The van der Waals surface area contributed by atoms with E-state index in [-0.39, 0.29) is 34.1 Å². The number of hydrogen-bond donors (Lipinski definition) is 2. The van der Waals surface area contributed by atoms with Crippen molar-refractivity contribution in [1.29, 1.82) is 0 Å². The van der Waals surface area contributed by atoms with Crippen molar-refractivity contribution in [3.05, 3.63) is 35.4 Å². The van der Waals surface area contributed by atoms with Crippen molar-refractivity contribution >= 4 is 31.5 Å². The van der Waals surface area contributed by atoms with Crippen LogP contribution < -0.4 is 10.6 Å². The van der Waals surface area contributed by atoms with Crippen LogP contribution in [0.4, 0.5) is 0 Å². The van der Waals surface area contributed by atoms with Crippen LogP contribution in [0.5, 0.6) is 0 Å². The first-order valence-electron chi connectivity index (χ1n) is 8.97. The van der Waals surface area contributed by atoms with Crippen LogP contribution >= 0.6 is 0 Å². The lowest BCUT2D eigenvalue weighted by Crippen LogP contribution is -2.49. The summed E-state index contributed by atoms with van der Waals surface area (Å²) in [5.41, 5.74) is -1.53. The molecule has 10 heteroatoms. The third-order valence-electron chi connectivity index (χ3n) is 5.25. The van der Waals surface area contributed by atoms with Gasteiger partial charge in [-0.25, -0.2) is 16.8 Å². The van der Waals surface area contributed by atoms with Gasteiger partial charge in [0.2, 0.25) is 0 Å². The molecule has 8 nitrogen and oxygen atoms in total. The van der Waals surface area contributed by atoms with Gasteiger partial charge in [0, 0.05) is 0 Å². The molecule has 3 rings (SSSR count). The number of carbonyl (C=O) groups excluding carboxylic acids is 2. The van der Waals surface area contributed by atoms with Crippen LogP contribution in [-0.4, -0.2) is 62.7 Å². The second-order valence-electron chi connectivity index (χ2n) is 8.26. The Kier molecular flexibility index (Phi) is 5.08. The SMILES string of the molecule is C[C@]1(NC(=O)c2ccccc2C(=O)N[C@@]2(C)CCS(=O)(=O)C2)CCS(=O)(=O)C1. The highest BCUT2D eigenvalue weighted by molar-refractivity contribution is 7.92. The van der Waals surface area contributed by atoms with Gasteiger partial charge in [-0.15, -0.1) is 0 Å². The number of nitrogens with one attached hydrogen (secondary N) is 2. The van der Waals surface area contributed by atoms with Gasteiger partial charge >= 0.3 is 0 Å². The minimum atomic E-state index is -3.19. The topological polar surface area (TPSA) is 126 Å². The van der Waals surface area contributed by atoms with Crippen LogP contribution in [0.1, 0.15) is 47.4 Å². The zero-order valence-corrected chi connectivity index (χ0v) is 17.5. The minimum absolute atomic E-state index is 0.0126. The summed E-state index contributed by atoms with van der Waals surface area (Å²) >= 11 is 0. The number of sulfone groups is 2. The van der Waals surface area contributed by atoms with Crippen LogP contribution in [0.3, 0.4) is 0 Å². The maximum atomic E-state index is 12.8. The third kappa shape index (κ3) is 4.54. The first-order chi connectivity index (χ1) is 12.8. The van der Waals surface area contributed by atoms with Crippen LogP contribution in [-0.2, 0) is 19.7 Å². The Bertz CT molecular complexity index is 951. The highest BCUT2D eigenvalue weighted by atomic mass is 32.2. The van der Waals surface area contributed by atoms with Gasteiger partial charge in [0.1, 0.15) is 0 Å². The molecule has 2 atom stereocenters. The van der Waals surface area contributed by atoms with Crippen molar-refractivity contribution in [1.82, 2.24) is 10.6 Å². The molecule has 0 unspecified atom stereocenters. The van der Waals surface area contributed by atoms with Gasteiger partial charge in [0.25, 0.3) is 11.8 Å². The fraction of sp³-hybridized carbons (Fsp3) is 0.556. The number of rotatable bonds is 4. The molecule has 2 saturated heterocycles. The molecule has 0 radical (unpaired) electrons. The van der Waals surface area contributed by atoms with Crippen LogP contribution in [0.15, 0.2) is 24.3 Å². The van der Waals surface area contributed by atoms with E-state index in [1.165, 1.54) is 12.1 Å². The van der Waals surface area contributed by atoms with E-state index in [1.807, 2.05) is 0 Å². The zero-order valence-electron chi connectivity index (χ0n) is 15.8. The molecule has 2 N–H and O–H groups in total. The smallest absolute Gasteiger partial charge is 0.252 e. The van der Waals surface area contributed by atoms with E-state index in [0.717, 1.165) is 0 Å². The summed E-state index contributed by atoms with van der Waals surface area (Å²) in [7, 11) is -6.39. The van der Waals surface area contributed by atoms with Gasteiger partial charge in [0.15, 0.2) is 19.7 Å². The minimum Gasteiger partial charge on any atom is -0.346 e. The third-order valence-corrected chi connectivity index (χ3v) is 9.06. The number of amides is 2. The van der Waals surface area contributed by atoms with Crippen LogP contribution in [0.2, 0.25) is 0 Å². The lowest BCUT2D eigenvalue weighted by molar-refractivity contribution is 0.0879. The summed E-state index contributed by atoms with van der Waals surface area (Å²) in [6.45, 7) is 3.34. The van der Waals surface area contributed by atoms with Crippen molar-refractivity contribution in [2.75, 3.05) is 23.0 Å². The van der Waals surface area contributed by atoms with Crippen molar-refractivity contribution in [2.24, 2.45) is 0 Å². The van der Waals surface area contributed by atoms with Gasteiger partial charge in [-0.3, -0.25) is 9.59 Å². The maximum Gasteiger partial charge on any atom is 0.252 e. The maximum absolute atomic E-state index is 12.8. The lowest BCUT2D eigenvalue weighted by Gasteiger charge is -2.26. The van der Waals surface area contributed by atoms with Gasteiger partial charge in [-0.05, 0) is 38.8 Å². The van der Waals surface area contributed by atoms with Gasteiger partial charge in [0.05, 0.1) is 45.2 Å². The Balaban J connectivity index is 1.79. The molecule has 2 aliphatic rings. The second-order valence-corrected chi connectivity index (χ2v) is 12.6. The molecule has 2 aliphatic heterocycles. The summed E-state index contributed by atoms with van der Waals surface area (Å²) in [6.07, 6.45) is 0.622. The molecule has 1 aromatic rings. The molecule has 2 heterocycles. The zero-order chi connectivity index (χ0) is 20.8. The van der Waals surface area contributed by atoms with Crippen molar-refractivity contribution in [2.45, 2.75) is 37.8 Å². The van der Waals surface area contributed by atoms with E-state index in [0.29, 0.717) is 12.8 Å². The van der Waals surface area contributed by atoms with E-state index in [1.54, 1.807) is 26.0 Å². The van der Waals surface area contributed by atoms with Gasteiger partial charge in [-0.2, -0.15) is 0 Å². The van der Waals surface area contributed by atoms with Crippen LogP contribution in [0, 0.1) is 0 Å². The summed E-state index contributed by atoms with van der Waals surface area (Å²) in [5.74, 6) is -1.33. The summed E-state index contributed by atoms with van der Waals surface area (Å²) in [6, 6.07) is 6.21. The van der Waals surface area contributed by atoms with E-state index in [9.17, 15) is 26.4 Å². The number of benzene rings is 1. The molecule has 0 spiro atoms. The Labute approximate surface area is 164 Å². The molecular formula is C18H24N2O6S2. The molecule has 154 valence electrons. The Morgan fingerprint density at radius 1 is 0.786 bits per heavy atom. The van der Waals surface area contributed by atoms with Gasteiger partial charge in [-0.1, -0.05) is 12.1 Å². The molecule has 0 aliphatic carbocycles. The highest BCUT2D eigenvalue weighted by Crippen LogP contribution is 2.25. The lowest BCUT2D eigenvalue weighted by atomic mass is 9.98. The average molecular weight is 429 g/mol. The summed E-state index contributed by atoms with van der Waals surface area (Å²) in [5, 5.41) is 5.49. The van der Waals surface area contributed by atoms with E-state index in [2.05, 4.69) is 10.6 Å². The standard InChI is InChI=1S/C18H24N2O6S2/c1-17(7-9-27(23,24)11-17)19-15(21)13-5-3-4-6-14(13)16(22)20-18(2)8-10-28(25,26)12-18/h3-6H,7-12H2,1-2H3,(H,19,21)(H,20,22)/t17-,18-/m0/s1. The van der Waals surface area contributed by atoms with E-state index >= 15 is 0 Å². The Morgan fingerprint density at radius 3 is 1.43 bits per heavy atom. The first-order valence-corrected chi connectivity index (χ1v) is 12.6. The molecule has 1 aromatic carbocycles. The molecule has 0 saturated carbocycles. The number of carbonyl (C=O) groups is 2. The highest BCUT2D eigenvalue weighted by Gasteiger charge is 2.41. The predicted octanol–water partition coefficient (Wildman–Crippen LogP) is 0.301. The molecule has 28 heavy (non-hydrogen) atoms. The summed E-state index contributed by atoms with van der Waals surface area (Å²) < 4.78 is 47.0. The second kappa shape index (κ2) is 6.84. The van der Waals surface area contributed by atoms with Gasteiger partial charge < -0.3 is 10.6 Å². The van der Waals surface area contributed by atoms with Crippen molar-refractivity contribution < 1.29 is 26.4 Å². The summed E-state index contributed by atoms with van der Waals surface area (Å²) in [4.78, 5) is 25.6. The molecule has 2 amide bonds. The average Bonchev–Trinajstić information content (AvgIpc) is 3.01. The van der Waals surface area contributed by atoms with Crippen molar-refractivity contribution in [3.8, 4) is 0 Å².